The third-order valence-corrected chi connectivity index (χ3v) is 4.64. The van der Waals surface area contributed by atoms with Gasteiger partial charge in [-0.1, -0.05) is 12.2 Å². The molecule has 2 heterocycles. The number of nitrogens with zero attached hydrogens (tertiary/aromatic N) is 4. The monoisotopic (exact) mass is 318 g/mol. The molecular weight excluding hydrogens is 296 g/mol. The molecule has 0 fully saturated rings. The molecule has 2 rings (SSSR count). The number of aromatic nitrogens is 2. The summed E-state index contributed by atoms with van der Waals surface area (Å²) in [6, 6.07) is 0. The quantitative estimate of drug-likeness (QED) is 0.795. The first kappa shape index (κ1) is 16.4. The maximum Gasteiger partial charge on any atom is 0.263 e. The van der Waals surface area contributed by atoms with E-state index in [2.05, 4.69) is 28.4 Å². The predicted octanol–water partition coefficient (Wildman–Crippen LogP) is 3.10. The fourth-order valence-corrected chi connectivity index (χ4v) is 3.53. The van der Waals surface area contributed by atoms with Crippen molar-refractivity contribution in [3.63, 3.8) is 0 Å². The van der Waals surface area contributed by atoms with Crippen molar-refractivity contribution < 1.29 is 4.79 Å². The number of amides is 1. The number of rotatable bonds is 5. The van der Waals surface area contributed by atoms with Gasteiger partial charge in [0.25, 0.3) is 5.91 Å². The second kappa shape index (κ2) is 6.44. The first-order valence-electron chi connectivity index (χ1n) is 7.21. The minimum atomic E-state index is 0.00870. The highest BCUT2D eigenvalue weighted by molar-refractivity contribution is 7.20. The molecule has 0 aliphatic rings. The number of hydrogen-bond acceptors (Lipinski definition) is 5. The lowest BCUT2D eigenvalue weighted by Gasteiger charge is -2.22. The Hall–Kier alpha value is -1.95. The zero-order chi connectivity index (χ0) is 16.4. The highest BCUT2D eigenvalue weighted by atomic mass is 32.1. The van der Waals surface area contributed by atoms with Crippen LogP contribution >= 0.6 is 11.3 Å². The summed E-state index contributed by atoms with van der Waals surface area (Å²) in [5.74, 6) is 0.886. The lowest BCUT2D eigenvalue weighted by atomic mass is 10.1. The van der Waals surface area contributed by atoms with Crippen LogP contribution in [0.4, 0.5) is 5.82 Å². The Balaban J connectivity index is 2.62. The Labute approximate surface area is 135 Å². The van der Waals surface area contributed by atoms with Crippen LogP contribution in [-0.4, -0.2) is 48.0 Å². The molecule has 0 N–H and O–H groups in total. The van der Waals surface area contributed by atoms with E-state index in [4.69, 9.17) is 0 Å². The van der Waals surface area contributed by atoms with Crippen LogP contribution in [0.3, 0.4) is 0 Å². The van der Waals surface area contributed by atoms with Gasteiger partial charge in [0.1, 0.15) is 17.0 Å². The molecular formula is C16H22N4OS. The molecule has 22 heavy (non-hydrogen) atoms. The van der Waals surface area contributed by atoms with Crippen LogP contribution in [-0.2, 0) is 0 Å². The van der Waals surface area contributed by atoms with Crippen LogP contribution in [0.1, 0.15) is 29.1 Å². The van der Waals surface area contributed by atoms with Crippen molar-refractivity contribution in [3.05, 3.63) is 28.9 Å². The van der Waals surface area contributed by atoms with Crippen LogP contribution in [0, 0.1) is 6.92 Å². The van der Waals surface area contributed by atoms with Gasteiger partial charge in [0, 0.05) is 27.2 Å². The first-order chi connectivity index (χ1) is 10.4. The number of likely N-dealkylation sites (N-methyl/N-ethyl adjacent to an activating group) is 1. The van der Waals surface area contributed by atoms with Gasteiger partial charge in [-0.25, -0.2) is 9.97 Å². The number of thiophene rings is 1. The Morgan fingerprint density at radius 2 is 2.05 bits per heavy atom. The molecule has 1 amide bonds. The van der Waals surface area contributed by atoms with Crippen LogP contribution in [0.15, 0.2) is 18.5 Å². The second-order valence-electron chi connectivity index (χ2n) is 5.60. The molecule has 0 unspecified atom stereocenters. The van der Waals surface area contributed by atoms with E-state index in [9.17, 15) is 4.79 Å². The molecule has 0 aliphatic heterocycles. The average molecular weight is 318 g/mol. The summed E-state index contributed by atoms with van der Waals surface area (Å²) >= 11 is 1.43. The van der Waals surface area contributed by atoms with E-state index >= 15 is 0 Å². The largest absolute Gasteiger partial charge is 0.352 e. The van der Waals surface area contributed by atoms with Gasteiger partial charge >= 0.3 is 0 Å². The molecule has 0 saturated carbocycles. The van der Waals surface area contributed by atoms with E-state index in [1.165, 1.54) is 11.3 Å². The number of carbonyl (C=O) groups excluding carboxylic acids is 1. The van der Waals surface area contributed by atoms with Crippen LogP contribution in [0.2, 0.25) is 0 Å². The van der Waals surface area contributed by atoms with Gasteiger partial charge < -0.3 is 9.80 Å². The van der Waals surface area contributed by atoms with E-state index in [-0.39, 0.29) is 5.91 Å². The van der Waals surface area contributed by atoms with Gasteiger partial charge in [-0.3, -0.25) is 4.79 Å². The first-order valence-corrected chi connectivity index (χ1v) is 8.03. The summed E-state index contributed by atoms with van der Waals surface area (Å²) in [6.45, 7) is 11.6. The number of hydrogen-bond donors (Lipinski definition) is 0. The topological polar surface area (TPSA) is 49.3 Å². The number of aryl methyl sites for hydroxylation is 1. The summed E-state index contributed by atoms with van der Waals surface area (Å²) < 4.78 is 0. The smallest absolute Gasteiger partial charge is 0.263 e. The molecule has 0 saturated heterocycles. The van der Waals surface area contributed by atoms with E-state index in [1.54, 1.807) is 25.3 Å². The van der Waals surface area contributed by atoms with E-state index in [0.717, 1.165) is 45.1 Å². The van der Waals surface area contributed by atoms with Gasteiger partial charge in [0.2, 0.25) is 0 Å². The van der Waals surface area contributed by atoms with Gasteiger partial charge in [0.15, 0.2) is 0 Å². The molecule has 0 aliphatic carbocycles. The minimum Gasteiger partial charge on any atom is -0.352 e. The highest BCUT2D eigenvalue weighted by Crippen LogP contribution is 2.35. The Kier molecular flexibility index (Phi) is 4.81. The Morgan fingerprint density at radius 1 is 1.36 bits per heavy atom. The number of carbonyl (C=O) groups is 1. The predicted molar refractivity (Wildman–Crippen MR) is 92.9 cm³/mol. The van der Waals surface area contributed by atoms with Gasteiger partial charge in [-0.2, -0.15) is 0 Å². The average Bonchev–Trinajstić information content (AvgIpc) is 2.81. The second-order valence-corrected chi connectivity index (χ2v) is 6.60. The summed E-state index contributed by atoms with van der Waals surface area (Å²) in [5, 5.41) is 0.973. The molecule has 0 spiro atoms. The fraction of sp³-hybridized carbons (Fsp3) is 0.438. The molecule has 0 aromatic carbocycles. The van der Waals surface area contributed by atoms with Crippen molar-refractivity contribution in [1.29, 1.82) is 0 Å². The summed E-state index contributed by atoms with van der Waals surface area (Å²) in [6.07, 6.45) is 1.57. The molecule has 2 aromatic heterocycles. The zero-order valence-electron chi connectivity index (χ0n) is 13.8. The third kappa shape index (κ3) is 2.97. The van der Waals surface area contributed by atoms with Crippen molar-refractivity contribution in [2.45, 2.75) is 20.8 Å². The lowest BCUT2D eigenvalue weighted by molar-refractivity contribution is 0.0831. The summed E-state index contributed by atoms with van der Waals surface area (Å²) in [4.78, 5) is 26.5. The van der Waals surface area contributed by atoms with Crippen molar-refractivity contribution in [1.82, 2.24) is 14.9 Å². The number of fused-ring (bicyclic) bond motifs is 1. The van der Waals surface area contributed by atoms with E-state index in [0.29, 0.717) is 0 Å². The normalized spacial score (nSPS) is 10.8. The molecule has 6 heteroatoms. The molecule has 0 radical (unpaired) electrons. The minimum absolute atomic E-state index is 0.00870. The summed E-state index contributed by atoms with van der Waals surface area (Å²) in [7, 11) is 3.52. The Bertz CT molecular complexity index is 720. The van der Waals surface area contributed by atoms with Crippen molar-refractivity contribution in [2.24, 2.45) is 0 Å². The van der Waals surface area contributed by atoms with Crippen molar-refractivity contribution in [2.75, 3.05) is 32.1 Å². The van der Waals surface area contributed by atoms with Crippen LogP contribution < -0.4 is 4.90 Å². The molecule has 118 valence electrons. The zero-order valence-corrected chi connectivity index (χ0v) is 14.6. The third-order valence-electron chi connectivity index (χ3n) is 3.45. The molecule has 0 bridgehead atoms. The number of anilines is 1. The van der Waals surface area contributed by atoms with Crippen molar-refractivity contribution in [3.8, 4) is 0 Å². The van der Waals surface area contributed by atoms with Gasteiger partial charge in [-0.05, 0) is 26.3 Å². The standard InChI is InChI=1S/C16H22N4OS/c1-7-20(8-10(2)3)14-12-11(4)13(16(21)19(5)6)22-15(12)18-9-17-14/h9H,2,7-8H2,1,3-6H3. The maximum atomic E-state index is 12.3. The molecule has 5 nitrogen and oxygen atoms in total. The van der Waals surface area contributed by atoms with Crippen molar-refractivity contribution >= 4 is 33.3 Å². The SMILES string of the molecule is C=C(C)CN(CC)c1ncnc2sc(C(=O)N(C)C)c(C)c12. The summed E-state index contributed by atoms with van der Waals surface area (Å²) in [5.41, 5.74) is 2.03. The van der Waals surface area contributed by atoms with Gasteiger partial charge in [0.05, 0.1) is 10.3 Å². The Morgan fingerprint density at radius 3 is 2.59 bits per heavy atom. The van der Waals surface area contributed by atoms with Crippen LogP contribution in [0.5, 0.6) is 0 Å². The highest BCUT2D eigenvalue weighted by Gasteiger charge is 2.22. The molecule has 0 atom stereocenters. The lowest BCUT2D eigenvalue weighted by Crippen LogP contribution is -2.25. The molecule has 2 aromatic rings. The fourth-order valence-electron chi connectivity index (χ4n) is 2.36. The van der Waals surface area contributed by atoms with E-state index in [1.807, 2.05) is 13.8 Å². The van der Waals surface area contributed by atoms with Gasteiger partial charge in [-0.15, -0.1) is 11.3 Å². The maximum absolute atomic E-state index is 12.3. The van der Waals surface area contributed by atoms with E-state index < -0.39 is 0 Å². The van der Waals surface area contributed by atoms with Crippen LogP contribution in [0.25, 0.3) is 10.2 Å².